The van der Waals surface area contributed by atoms with Gasteiger partial charge in [-0.25, -0.2) is 0 Å². The maximum Gasteiger partial charge on any atom is 0.224 e. The van der Waals surface area contributed by atoms with Gasteiger partial charge in [-0.1, -0.05) is 30.3 Å². The first-order valence-corrected chi connectivity index (χ1v) is 8.00. The van der Waals surface area contributed by atoms with Crippen molar-refractivity contribution in [1.82, 2.24) is 9.80 Å². The molecular formula is C19H22N2O2. The largest absolute Gasteiger partial charge is 0.464 e. The maximum atomic E-state index is 12.0. The first-order chi connectivity index (χ1) is 11.3. The van der Waals surface area contributed by atoms with Crippen LogP contribution in [0.3, 0.4) is 0 Å². The Labute approximate surface area is 137 Å². The van der Waals surface area contributed by atoms with Gasteiger partial charge in [-0.2, -0.15) is 0 Å². The number of benzene rings is 1. The van der Waals surface area contributed by atoms with Crippen LogP contribution in [0.2, 0.25) is 0 Å². The average Bonchev–Trinajstić information content (AvgIpc) is 3.05. The number of carbonyl (C=O) groups is 1. The Kier molecular flexibility index (Phi) is 4.93. The number of hydrogen-bond acceptors (Lipinski definition) is 3. The Morgan fingerprint density at radius 3 is 2.65 bits per heavy atom. The Morgan fingerprint density at radius 2 is 1.96 bits per heavy atom. The zero-order valence-corrected chi connectivity index (χ0v) is 13.3. The second-order valence-electron chi connectivity index (χ2n) is 5.83. The lowest BCUT2D eigenvalue weighted by Gasteiger charge is -2.21. The zero-order valence-electron chi connectivity index (χ0n) is 13.3. The molecule has 0 aliphatic carbocycles. The van der Waals surface area contributed by atoms with Crippen LogP contribution in [0.4, 0.5) is 0 Å². The van der Waals surface area contributed by atoms with E-state index in [-0.39, 0.29) is 5.91 Å². The van der Waals surface area contributed by atoms with Gasteiger partial charge in [0.05, 0.1) is 6.26 Å². The summed E-state index contributed by atoms with van der Waals surface area (Å²) in [6.45, 7) is 7.72. The van der Waals surface area contributed by atoms with E-state index in [1.807, 2.05) is 17.0 Å². The highest BCUT2D eigenvalue weighted by Crippen LogP contribution is 2.20. The lowest BCUT2D eigenvalue weighted by molar-refractivity contribution is -0.129. The van der Waals surface area contributed by atoms with Gasteiger partial charge in [0.15, 0.2) is 0 Å². The third-order valence-corrected chi connectivity index (χ3v) is 4.20. The lowest BCUT2D eigenvalue weighted by atomic mass is 10.1. The molecule has 1 saturated heterocycles. The van der Waals surface area contributed by atoms with Crippen LogP contribution in [0.25, 0.3) is 11.3 Å². The topological polar surface area (TPSA) is 36.7 Å². The van der Waals surface area contributed by atoms with Gasteiger partial charge in [0.2, 0.25) is 5.91 Å². The predicted octanol–water partition coefficient (Wildman–Crippen LogP) is 3.17. The van der Waals surface area contributed by atoms with E-state index in [4.69, 9.17) is 4.42 Å². The van der Waals surface area contributed by atoms with Crippen molar-refractivity contribution in [3.8, 4) is 11.3 Å². The molecule has 4 nitrogen and oxygen atoms in total. The van der Waals surface area contributed by atoms with Gasteiger partial charge in [0.25, 0.3) is 0 Å². The van der Waals surface area contributed by atoms with Gasteiger partial charge in [-0.15, -0.1) is 6.58 Å². The smallest absolute Gasteiger partial charge is 0.224 e. The summed E-state index contributed by atoms with van der Waals surface area (Å²) in [5.41, 5.74) is 2.34. The van der Waals surface area contributed by atoms with Crippen molar-refractivity contribution in [2.75, 3.05) is 26.2 Å². The highest BCUT2D eigenvalue weighted by atomic mass is 16.3. The Hall–Kier alpha value is -2.33. The van der Waals surface area contributed by atoms with Gasteiger partial charge in [-0.05, 0) is 17.7 Å². The van der Waals surface area contributed by atoms with Gasteiger partial charge in [-0.3, -0.25) is 9.69 Å². The summed E-state index contributed by atoms with van der Waals surface area (Å²) in [4.78, 5) is 16.2. The fourth-order valence-electron chi connectivity index (χ4n) is 2.89. The van der Waals surface area contributed by atoms with Crippen molar-refractivity contribution in [3.63, 3.8) is 0 Å². The van der Waals surface area contributed by atoms with E-state index >= 15 is 0 Å². The minimum absolute atomic E-state index is 0.223. The van der Waals surface area contributed by atoms with Crippen LogP contribution in [0, 0.1) is 0 Å². The molecule has 0 saturated carbocycles. The van der Waals surface area contributed by atoms with E-state index in [2.05, 4.69) is 35.7 Å². The van der Waals surface area contributed by atoms with Crippen molar-refractivity contribution < 1.29 is 9.21 Å². The minimum atomic E-state index is 0.223. The van der Waals surface area contributed by atoms with Gasteiger partial charge in [0, 0.05) is 44.7 Å². The van der Waals surface area contributed by atoms with Crippen LogP contribution < -0.4 is 0 Å². The molecule has 0 atom stereocenters. The second kappa shape index (κ2) is 7.29. The summed E-state index contributed by atoms with van der Waals surface area (Å²) in [7, 11) is 0. The average molecular weight is 310 g/mol. The summed E-state index contributed by atoms with van der Waals surface area (Å²) in [6.07, 6.45) is 4.06. The molecule has 2 heterocycles. The summed E-state index contributed by atoms with van der Waals surface area (Å²) in [5, 5.41) is 0. The van der Waals surface area contributed by atoms with Crippen LogP contribution in [0.5, 0.6) is 0 Å². The Morgan fingerprint density at radius 1 is 1.13 bits per heavy atom. The molecule has 0 bridgehead atoms. The van der Waals surface area contributed by atoms with Crippen LogP contribution in [0.1, 0.15) is 12.0 Å². The number of amides is 1. The second-order valence-corrected chi connectivity index (χ2v) is 5.83. The SMILES string of the molecule is C=CCN1CCN(Cc2ccc(-c3ccco3)cc2)CCC1=O. The molecule has 2 aromatic rings. The maximum absolute atomic E-state index is 12.0. The van der Waals surface area contributed by atoms with E-state index < -0.39 is 0 Å². The molecule has 1 amide bonds. The van der Waals surface area contributed by atoms with Crippen molar-refractivity contribution in [1.29, 1.82) is 0 Å². The minimum Gasteiger partial charge on any atom is -0.464 e. The number of rotatable bonds is 5. The summed E-state index contributed by atoms with van der Waals surface area (Å²) in [6, 6.07) is 12.3. The number of nitrogens with zero attached hydrogens (tertiary/aromatic N) is 2. The van der Waals surface area contributed by atoms with Gasteiger partial charge in [0.1, 0.15) is 5.76 Å². The van der Waals surface area contributed by atoms with Crippen molar-refractivity contribution >= 4 is 5.91 Å². The number of furan rings is 1. The first kappa shape index (κ1) is 15.6. The highest BCUT2D eigenvalue weighted by Gasteiger charge is 2.19. The number of hydrogen-bond donors (Lipinski definition) is 0. The molecule has 120 valence electrons. The highest BCUT2D eigenvalue weighted by molar-refractivity contribution is 5.76. The van der Waals surface area contributed by atoms with Crippen LogP contribution in [0.15, 0.2) is 59.7 Å². The van der Waals surface area contributed by atoms with E-state index in [9.17, 15) is 4.79 Å². The molecule has 1 aliphatic heterocycles. The van der Waals surface area contributed by atoms with Gasteiger partial charge < -0.3 is 9.32 Å². The van der Waals surface area contributed by atoms with E-state index in [0.717, 1.165) is 37.5 Å². The standard InChI is InChI=1S/C19H22N2O2/c1-2-10-21-13-12-20(11-9-19(21)22)15-16-5-7-17(8-6-16)18-4-3-14-23-18/h2-8,14H,1,9-13,15H2. The fraction of sp³-hybridized carbons (Fsp3) is 0.316. The normalized spacial score (nSPS) is 16.3. The Balaban J connectivity index is 1.61. The molecule has 1 aromatic heterocycles. The quantitative estimate of drug-likeness (QED) is 0.796. The Bertz CT molecular complexity index is 647. The first-order valence-electron chi connectivity index (χ1n) is 8.00. The van der Waals surface area contributed by atoms with E-state index in [1.165, 1.54) is 5.56 Å². The fourth-order valence-corrected chi connectivity index (χ4v) is 2.89. The molecule has 0 N–H and O–H groups in total. The monoisotopic (exact) mass is 310 g/mol. The molecule has 0 radical (unpaired) electrons. The van der Waals surface area contributed by atoms with E-state index in [0.29, 0.717) is 13.0 Å². The predicted molar refractivity (Wildman–Crippen MR) is 90.8 cm³/mol. The third-order valence-electron chi connectivity index (χ3n) is 4.20. The van der Waals surface area contributed by atoms with Crippen LogP contribution >= 0.6 is 0 Å². The zero-order chi connectivity index (χ0) is 16.1. The molecule has 1 aromatic carbocycles. The molecule has 23 heavy (non-hydrogen) atoms. The summed E-state index contributed by atoms with van der Waals surface area (Å²) >= 11 is 0. The molecule has 1 aliphatic rings. The van der Waals surface area contributed by atoms with Crippen molar-refractivity contribution in [2.24, 2.45) is 0 Å². The van der Waals surface area contributed by atoms with Crippen molar-refractivity contribution in [2.45, 2.75) is 13.0 Å². The molecular weight excluding hydrogens is 288 g/mol. The van der Waals surface area contributed by atoms with Crippen LogP contribution in [-0.4, -0.2) is 41.9 Å². The van der Waals surface area contributed by atoms with Crippen molar-refractivity contribution in [3.05, 3.63) is 60.9 Å². The summed E-state index contributed by atoms with van der Waals surface area (Å²) < 4.78 is 5.41. The van der Waals surface area contributed by atoms with Crippen LogP contribution in [-0.2, 0) is 11.3 Å². The molecule has 4 heteroatoms. The lowest BCUT2D eigenvalue weighted by Crippen LogP contribution is -2.33. The third kappa shape index (κ3) is 3.90. The molecule has 0 spiro atoms. The molecule has 1 fully saturated rings. The molecule has 0 unspecified atom stereocenters. The summed E-state index contributed by atoms with van der Waals surface area (Å²) in [5.74, 6) is 1.11. The van der Waals surface area contributed by atoms with Gasteiger partial charge >= 0.3 is 0 Å². The number of carbonyl (C=O) groups excluding carboxylic acids is 1. The van der Waals surface area contributed by atoms with E-state index in [1.54, 1.807) is 12.3 Å². The molecule has 3 rings (SSSR count).